The highest BCUT2D eigenvalue weighted by Crippen LogP contribution is 2.18. The minimum absolute atomic E-state index is 0.188. The van der Waals surface area contributed by atoms with Crippen LogP contribution in [0.15, 0.2) is 54.6 Å². The molecule has 2 aromatic rings. The first-order chi connectivity index (χ1) is 11.3. The molecular weight excluding hydrogens is 290 g/mol. The van der Waals surface area contributed by atoms with E-state index in [0.29, 0.717) is 13.0 Å². The third kappa shape index (κ3) is 6.40. The monoisotopic (exact) mass is 313 g/mol. The Balaban J connectivity index is 1.66. The lowest BCUT2D eigenvalue weighted by Gasteiger charge is -2.10. The van der Waals surface area contributed by atoms with E-state index in [9.17, 15) is 4.79 Å². The molecule has 0 saturated carbocycles. The highest BCUT2D eigenvalue weighted by molar-refractivity contribution is 5.69. The number of benzene rings is 2. The van der Waals surface area contributed by atoms with Crippen molar-refractivity contribution in [2.75, 3.05) is 37.4 Å². The van der Waals surface area contributed by atoms with E-state index in [4.69, 9.17) is 0 Å². The molecule has 2 rings (SSSR count). The molecule has 0 amide bonds. The molecule has 0 aliphatic heterocycles. The molecule has 0 saturated heterocycles. The highest BCUT2D eigenvalue weighted by Gasteiger charge is 1.98. The topological polar surface area (TPSA) is 62.4 Å². The van der Waals surface area contributed by atoms with Crippen LogP contribution in [0.1, 0.15) is 6.42 Å². The summed E-state index contributed by atoms with van der Waals surface area (Å²) < 4.78 is 4.58. The van der Waals surface area contributed by atoms with Crippen LogP contribution in [0.5, 0.6) is 0 Å². The van der Waals surface area contributed by atoms with Crippen molar-refractivity contribution >= 4 is 23.0 Å². The number of anilines is 3. The largest absolute Gasteiger partial charge is 0.469 e. The Kier molecular flexibility index (Phi) is 6.94. The molecule has 5 heteroatoms. The lowest BCUT2D eigenvalue weighted by atomic mass is 10.2. The SMILES string of the molecule is COC(=O)CCNCCNc1ccc(Nc2ccccc2)cc1. The summed E-state index contributed by atoms with van der Waals surface area (Å²) in [6.07, 6.45) is 0.399. The number of methoxy groups -OCH3 is 1. The van der Waals surface area contributed by atoms with Gasteiger partial charge in [-0.1, -0.05) is 18.2 Å². The number of ether oxygens (including phenoxy) is 1. The average molecular weight is 313 g/mol. The van der Waals surface area contributed by atoms with E-state index < -0.39 is 0 Å². The van der Waals surface area contributed by atoms with Gasteiger partial charge in [-0.05, 0) is 36.4 Å². The predicted molar refractivity (Wildman–Crippen MR) is 94.2 cm³/mol. The van der Waals surface area contributed by atoms with E-state index in [1.807, 2.05) is 54.6 Å². The fourth-order valence-electron chi connectivity index (χ4n) is 2.07. The zero-order valence-corrected chi connectivity index (χ0v) is 13.3. The normalized spacial score (nSPS) is 10.1. The molecule has 0 unspecified atom stereocenters. The van der Waals surface area contributed by atoms with Gasteiger partial charge in [-0.15, -0.1) is 0 Å². The van der Waals surface area contributed by atoms with Gasteiger partial charge in [-0.2, -0.15) is 0 Å². The molecule has 0 aliphatic carbocycles. The van der Waals surface area contributed by atoms with Crippen LogP contribution in [0.25, 0.3) is 0 Å². The number of carbonyl (C=O) groups is 1. The standard InChI is InChI=1S/C18H23N3O2/c1-23-18(22)11-12-19-13-14-20-15-7-9-17(10-8-15)21-16-5-3-2-4-6-16/h2-10,19-21H,11-14H2,1H3. The van der Waals surface area contributed by atoms with Crippen LogP contribution in [-0.2, 0) is 9.53 Å². The van der Waals surface area contributed by atoms with Crippen molar-refractivity contribution in [3.63, 3.8) is 0 Å². The van der Waals surface area contributed by atoms with Gasteiger partial charge >= 0.3 is 5.97 Å². The summed E-state index contributed by atoms with van der Waals surface area (Å²) >= 11 is 0. The summed E-state index contributed by atoms with van der Waals surface area (Å²) in [7, 11) is 1.40. The molecule has 2 aromatic carbocycles. The fourth-order valence-corrected chi connectivity index (χ4v) is 2.07. The van der Waals surface area contributed by atoms with Gasteiger partial charge in [0.05, 0.1) is 13.5 Å². The van der Waals surface area contributed by atoms with Crippen molar-refractivity contribution in [2.24, 2.45) is 0 Å². The van der Waals surface area contributed by atoms with Gasteiger partial charge in [0.1, 0.15) is 0 Å². The first-order valence-electron chi connectivity index (χ1n) is 7.71. The second kappa shape index (κ2) is 9.48. The Morgan fingerprint density at radius 1 is 0.870 bits per heavy atom. The summed E-state index contributed by atoms with van der Waals surface area (Å²) in [5, 5.41) is 9.87. The van der Waals surface area contributed by atoms with Crippen molar-refractivity contribution in [3.05, 3.63) is 54.6 Å². The first kappa shape index (κ1) is 16.8. The Morgan fingerprint density at radius 2 is 1.52 bits per heavy atom. The number of hydrogen-bond acceptors (Lipinski definition) is 5. The van der Waals surface area contributed by atoms with Crippen LogP contribution in [0.4, 0.5) is 17.1 Å². The molecular formula is C18H23N3O2. The average Bonchev–Trinajstić information content (AvgIpc) is 2.60. The van der Waals surface area contributed by atoms with Gasteiger partial charge in [0, 0.05) is 36.7 Å². The molecule has 23 heavy (non-hydrogen) atoms. The summed E-state index contributed by atoms with van der Waals surface area (Å²) in [6, 6.07) is 18.2. The van der Waals surface area contributed by atoms with Crippen molar-refractivity contribution in [1.29, 1.82) is 0 Å². The molecule has 0 bridgehead atoms. The zero-order valence-electron chi connectivity index (χ0n) is 13.3. The lowest BCUT2D eigenvalue weighted by Crippen LogP contribution is -2.24. The van der Waals surface area contributed by atoms with E-state index in [-0.39, 0.29) is 5.97 Å². The molecule has 0 fully saturated rings. The Hall–Kier alpha value is -2.53. The number of para-hydroxylation sites is 1. The summed E-state index contributed by atoms with van der Waals surface area (Å²) in [5.74, 6) is -0.188. The molecule has 122 valence electrons. The third-order valence-electron chi connectivity index (χ3n) is 3.31. The molecule has 0 aliphatic rings. The smallest absolute Gasteiger partial charge is 0.306 e. The Morgan fingerprint density at radius 3 is 2.22 bits per heavy atom. The van der Waals surface area contributed by atoms with Gasteiger partial charge in [-0.3, -0.25) is 4.79 Å². The van der Waals surface area contributed by atoms with Crippen LogP contribution >= 0.6 is 0 Å². The number of rotatable bonds is 9. The summed E-state index contributed by atoms with van der Waals surface area (Å²) in [5.41, 5.74) is 3.19. The molecule has 0 spiro atoms. The van der Waals surface area contributed by atoms with Gasteiger partial charge < -0.3 is 20.7 Å². The Bertz CT molecular complexity index is 585. The summed E-state index contributed by atoms with van der Waals surface area (Å²) in [4.78, 5) is 10.9. The maximum absolute atomic E-state index is 10.9. The zero-order chi connectivity index (χ0) is 16.3. The quantitative estimate of drug-likeness (QED) is 0.491. The molecule has 5 nitrogen and oxygen atoms in total. The van der Waals surface area contributed by atoms with Gasteiger partial charge in [0.2, 0.25) is 0 Å². The highest BCUT2D eigenvalue weighted by atomic mass is 16.5. The molecule has 0 atom stereocenters. The fraction of sp³-hybridized carbons (Fsp3) is 0.278. The number of hydrogen-bond donors (Lipinski definition) is 3. The van der Waals surface area contributed by atoms with Gasteiger partial charge in [-0.25, -0.2) is 0 Å². The number of nitrogens with one attached hydrogen (secondary N) is 3. The van der Waals surface area contributed by atoms with E-state index in [1.165, 1.54) is 7.11 Å². The summed E-state index contributed by atoms with van der Waals surface area (Å²) in [6.45, 7) is 2.22. The predicted octanol–water partition coefficient (Wildman–Crippen LogP) is 2.99. The van der Waals surface area contributed by atoms with E-state index in [2.05, 4.69) is 20.7 Å². The molecule has 0 heterocycles. The van der Waals surface area contributed by atoms with Crippen LogP contribution in [0.2, 0.25) is 0 Å². The number of carbonyl (C=O) groups excluding carboxylic acids is 1. The van der Waals surface area contributed by atoms with E-state index in [1.54, 1.807) is 0 Å². The van der Waals surface area contributed by atoms with Crippen LogP contribution in [0.3, 0.4) is 0 Å². The van der Waals surface area contributed by atoms with Crippen LogP contribution in [-0.4, -0.2) is 32.7 Å². The second-order valence-electron chi connectivity index (χ2n) is 5.07. The van der Waals surface area contributed by atoms with Crippen LogP contribution < -0.4 is 16.0 Å². The minimum Gasteiger partial charge on any atom is -0.469 e. The maximum atomic E-state index is 10.9. The Labute approximate surface area is 137 Å². The lowest BCUT2D eigenvalue weighted by molar-refractivity contribution is -0.140. The minimum atomic E-state index is -0.188. The first-order valence-corrected chi connectivity index (χ1v) is 7.71. The molecule has 3 N–H and O–H groups in total. The molecule has 0 aromatic heterocycles. The second-order valence-corrected chi connectivity index (χ2v) is 5.07. The van der Waals surface area contributed by atoms with Crippen molar-refractivity contribution in [2.45, 2.75) is 6.42 Å². The van der Waals surface area contributed by atoms with Gasteiger partial charge in [0.25, 0.3) is 0 Å². The van der Waals surface area contributed by atoms with Crippen molar-refractivity contribution < 1.29 is 9.53 Å². The van der Waals surface area contributed by atoms with Crippen molar-refractivity contribution in [3.8, 4) is 0 Å². The van der Waals surface area contributed by atoms with Crippen LogP contribution in [0, 0.1) is 0 Å². The van der Waals surface area contributed by atoms with Gasteiger partial charge in [0.15, 0.2) is 0 Å². The maximum Gasteiger partial charge on any atom is 0.306 e. The van der Waals surface area contributed by atoms with Crippen molar-refractivity contribution in [1.82, 2.24) is 5.32 Å². The molecule has 0 radical (unpaired) electrons. The van der Waals surface area contributed by atoms with E-state index >= 15 is 0 Å². The van der Waals surface area contributed by atoms with E-state index in [0.717, 1.165) is 30.2 Å². The third-order valence-corrected chi connectivity index (χ3v) is 3.31. The number of esters is 1.